The molecule has 0 amide bonds. The molecule has 5 heteroatoms. The molecular formula is C23H38N2O3. The van der Waals surface area contributed by atoms with Crippen LogP contribution in [0.3, 0.4) is 0 Å². The van der Waals surface area contributed by atoms with Crippen molar-refractivity contribution in [3.63, 3.8) is 0 Å². The van der Waals surface area contributed by atoms with E-state index in [1.807, 2.05) is 0 Å². The zero-order valence-corrected chi connectivity index (χ0v) is 17.9. The van der Waals surface area contributed by atoms with Crippen molar-refractivity contribution >= 4 is 0 Å². The van der Waals surface area contributed by atoms with Crippen LogP contribution in [0.4, 0.5) is 0 Å². The highest BCUT2D eigenvalue weighted by molar-refractivity contribution is 5.44. The normalized spacial score (nSPS) is 55.3. The Kier molecular flexibility index (Phi) is 3.80. The van der Waals surface area contributed by atoms with E-state index in [1.54, 1.807) is 0 Å². The average Bonchev–Trinajstić information content (AvgIpc) is 3.29. The molecule has 0 aromatic heterocycles. The van der Waals surface area contributed by atoms with Crippen LogP contribution < -0.4 is 0 Å². The molecule has 12 atom stereocenters. The van der Waals surface area contributed by atoms with Crippen LogP contribution in [0.25, 0.3) is 0 Å². The predicted octanol–water partition coefficient (Wildman–Crippen LogP) is 1.29. The van der Waals surface area contributed by atoms with Gasteiger partial charge in [-0.1, -0.05) is 13.8 Å². The lowest BCUT2D eigenvalue weighted by atomic mass is 9.54. The van der Waals surface area contributed by atoms with Gasteiger partial charge in [0.1, 0.15) is 0 Å². The van der Waals surface area contributed by atoms with E-state index in [1.165, 1.54) is 6.42 Å². The van der Waals surface area contributed by atoms with Crippen molar-refractivity contribution in [3.8, 4) is 0 Å². The minimum atomic E-state index is 0.0471. The smallest absolute Gasteiger partial charge is 0.0886 e. The maximum absolute atomic E-state index is 9.84. The third kappa shape index (κ3) is 1.73. The van der Waals surface area contributed by atoms with Gasteiger partial charge in [0, 0.05) is 25.2 Å². The minimum Gasteiger partial charge on any atom is -0.395 e. The number of ether oxygens (including phenoxy) is 1. The molecule has 7 rings (SSSR count). The number of aliphatic hydroxyl groups is 2. The van der Waals surface area contributed by atoms with E-state index in [-0.39, 0.29) is 36.5 Å². The molecule has 0 radical (unpaired) electrons. The SMILES string of the molecule is CC[C@H](CO)N(C)CC12OC3(CN(C)[C@H](CC)CO)C4C5CC(C6C5C3C61)C42. The quantitative estimate of drug-likeness (QED) is 0.589. The average molecular weight is 391 g/mol. The molecule has 28 heavy (non-hydrogen) atoms. The zero-order chi connectivity index (χ0) is 19.6. The standard InChI is InChI=1S/C23H38N2O3/c1-5-12(8-26)24(3)10-22-18-14-7-15-17-16(14)20(22)21(17)23(28-22,19(15)18)11-25(4)13(6-2)9-27/h12-21,26-27H,5-11H2,1-4H3/t12-,13-,14?,15?,16?,17?,18?,19?,20?,21?,22?,23?/m1/s1. The Hall–Kier alpha value is -0.200. The monoisotopic (exact) mass is 390 g/mol. The van der Waals surface area contributed by atoms with Crippen molar-refractivity contribution in [2.45, 2.75) is 56.4 Å². The van der Waals surface area contributed by atoms with E-state index < -0.39 is 0 Å². The van der Waals surface area contributed by atoms with E-state index in [2.05, 4.69) is 37.7 Å². The van der Waals surface area contributed by atoms with Gasteiger partial charge in [-0.3, -0.25) is 9.80 Å². The Bertz CT molecular complexity index is 608. The first-order valence-corrected chi connectivity index (χ1v) is 11.8. The highest BCUT2D eigenvalue weighted by Crippen LogP contribution is 2.93. The van der Waals surface area contributed by atoms with Gasteiger partial charge < -0.3 is 14.9 Å². The minimum absolute atomic E-state index is 0.0471. The van der Waals surface area contributed by atoms with Crippen LogP contribution in [0.5, 0.6) is 0 Å². The van der Waals surface area contributed by atoms with Crippen LogP contribution in [0.1, 0.15) is 33.1 Å². The zero-order valence-electron chi connectivity index (χ0n) is 17.9. The summed E-state index contributed by atoms with van der Waals surface area (Å²) in [6.45, 7) is 6.85. The second-order valence-electron chi connectivity index (χ2n) is 11.2. The molecule has 5 aliphatic carbocycles. The van der Waals surface area contributed by atoms with Gasteiger partial charge in [0.05, 0.1) is 24.4 Å². The third-order valence-electron chi connectivity index (χ3n) is 10.7. The van der Waals surface area contributed by atoms with Crippen molar-refractivity contribution in [1.29, 1.82) is 0 Å². The van der Waals surface area contributed by atoms with Gasteiger partial charge >= 0.3 is 0 Å². The van der Waals surface area contributed by atoms with Crippen molar-refractivity contribution in [3.05, 3.63) is 0 Å². The Morgan fingerprint density at radius 1 is 0.821 bits per heavy atom. The Morgan fingerprint density at radius 3 is 1.61 bits per heavy atom. The maximum atomic E-state index is 9.84. The topological polar surface area (TPSA) is 56.2 Å². The Labute approximate surface area is 169 Å². The second-order valence-corrected chi connectivity index (χ2v) is 11.2. The molecule has 2 saturated heterocycles. The van der Waals surface area contributed by atoms with Gasteiger partial charge in [-0.15, -0.1) is 0 Å². The highest BCUT2D eigenvalue weighted by Gasteiger charge is 2.96. The fourth-order valence-corrected chi connectivity index (χ4v) is 10.2. The Balaban J connectivity index is 1.33. The summed E-state index contributed by atoms with van der Waals surface area (Å²) < 4.78 is 7.32. The molecule has 0 aromatic rings. The number of hydrogen-bond donors (Lipinski definition) is 2. The van der Waals surface area contributed by atoms with Gasteiger partial charge in [0.15, 0.2) is 0 Å². The largest absolute Gasteiger partial charge is 0.395 e. The molecule has 5 saturated carbocycles. The third-order valence-corrected chi connectivity index (χ3v) is 10.7. The lowest BCUT2D eigenvalue weighted by Crippen LogP contribution is -2.57. The van der Waals surface area contributed by atoms with E-state index in [0.29, 0.717) is 0 Å². The van der Waals surface area contributed by atoms with E-state index >= 15 is 0 Å². The molecule has 0 spiro atoms. The fourth-order valence-electron chi connectivity index (χ4n) is 10.2. The number of aliphatic hydroxyl groups excluding tert-OH is 2. The summed E-state index contributed by atoms with van der Waals surface area (Å²) in [4.78, 5) is 4.82. The summed E-state index contributed by atoms with van der Waals surface area (Å²) in [7, 11) is 4.40. The first-order valence-electron chi connectivity index (χ1n) is 11.8. The first-order chi connectivity index (χ1) is 13.5. The predicted molar refractivity (Wildman–Crippen MR) is 107 cm³/mol. The van der Waals surface area contributed by atoms with Crippen LogP contribution in [0.2, 0.25) is 0 Å². The van der Waals surface area contributed by atoms with E-state index in [9.17, 15) is 10.2 Å². The first kappa shape index (κ1) is 18.6. The number of likely N-dealkylation sites (N-methyl/N-ethyl adjacent to an activating group) is 2. The maximum Gasteiger partial charge on any atom is 0.0886 e. The number of rotatable bonds is 10. The lowest BCUT2D eigenvalue weighted by molar-refractivity contribution is -0.101. The molecule has 7 aliphatic rings. The van der Waals surface area contributed by atoms with Crippen LogP contribution in [0, 0.1) is 47.3 Å². The van der Waals surface area contributed by atoms with Crippen molar-refractivity contribution in [2.24, 2.45) is 47.3 Å². The molecule has 0 aromatic carbocycles. The molecule has 5 nitrogen and oxygen atoms in total. The molecule has 4 bridgehead atoms. The molecule has 158 valence electrons. The summed E-state index contributed by atoms with van der Waals surface area (Å²) in [6, 6.07) is 0.492. The molecule has 2 aliphatic heterocycles. The molecule has 2 heterocycles. The lowest BCUT2D eigenvalue weighted by Gasteiger charge is -2.49. The van der Waals surface area contributed by atoms with E-state index in [0.717, 1.165) is 73.3 Å². The molecular weight excluding hydrogens is 352 g/mol. The van der Waals surface area contributed by atoms with Crippen LogP contribution in [-0.4, -0.2) is 83.7 Å². The summed E-state index contributed by atoms with van der Waals surface area (Å²) in [5.41, 5.74) is 0.0943. The number of hydrogen-bond acceptors (Lipinski definition) is 5. The van der Waals surface area contributed by atoms with Crippen LogP contribution >= 0.6 is 0 Å². The summed E-state index contributed by atoms with van der Waals surface area (Å²) in [5, 5.41) is 19.7. The van der Waals surface area contributed by atoms with Gasteiger partial charge in [-0.2, -0.15) is 0 Å². The number of nitrogens with zero attached hydrogens (tertiary/aromatic N) is 2. The van der Waals surface area contributed by atoms with Crippen LogP contribution in [-0.2, 0) is 4.74 Å². The van der Waals surface area contributed by atoms with Crippen molar-refractivity contribution in [1.82, 2.24) is 9.80 Å². The molecule has 7 fully saturated rings. The van der Waals surface area contributed by atoms with Gasteiger partial charge in [0.2, 0.25) is 0 Å². The van der Waals surface area contributed by atoms with Gasteiger partial charge in [-0.05, 0) is 80.7 Å². The summed E-state index contributed by atoms with van der Waals surface area (Å²) >= 11 is 0. The van der Waals surface area contributed by atoms with E-state index in [4.69, 9.17) is 4.74 Å². The highest BCUT2D eigenvalue weighted by atomic mass is 16.5. The van der Waals surface area contributed by atoms with Crippen LogP contribution in [0.15, 0.2) is 0 Å². The molecule has 2 N–H and O–H groups in total. The molecule has 10 unspecified atom stereocenters. The summed E-state index contributed by atoms with van der Waals surface area (Å²) in [6.07, 6.45) is 3.45. The summed E-state index contributed by atoms with van der Waals surface area (Å²) in [5.74, 6) is 6.74. The van der Waals surface area contributed by atoms with Gasteiger partial charge in [0.25, 0.3) is 0 Å². The fraction of sp³-hybridized carbons (Fsp3) is 1.00. The second kappa shape index (κ2) is 5.73. The van der Waals surface area contributed by atoms with Crippen molar-refractivity contribution in [2.75, 3.05) is 40.4 Å². The van der Waals surface area contributed by atoms with Gasteiger partial charge in [-0.25, -0.2) is 0 Å². The Morgan fingerprint density at radius 2 is 1.25 bits per heavy atom. The van der Waals surface area contributed by atoms with Crippen molar-refractivity contribution < 1.29 is 14.9 Å².